The maximum Gasteiger partial charge on any atom is 0.320 e. The van der Waals surface area contributed by atoms with Crippen molar-refractivity contribution in [3.8, 4) is 0 Å². The second kappa shape index (κ2) is 7.01. The number of hydrogen-bond donors (Lipinski definition) is 2. The van der Waals surface area contributed by atoms with Crippen molar-refractivity contribution >= 4 is 5.97 Å². The van der Waals surface area contributed by atoms with Crippen LogP contribution in [0.5, 0.6) is 0 Å². The fourth-order valence-corrected chi connectivity index (χ4v) is 1.61. The van der Waals surface area contributed by atoms with Gasteiger partial charge in [-0.15, -0.1) is 10.2 Å². The Bertz CT molecular complexity index is 351. The lowest BCUT2D eigenvalue weighted by Gasteiger charge is -2.13. The van der Waals surface area contributed by atoms with Crippen LogP contribution in [0.1, 0.15) is 32.0 Å². The van der Waals surface area contributed by atoms with Gasteiger partial charge in [0, 0.05) is 20.0 Å². The maximum atomic E-state index is 11.0. The Morgan fingerprint density at radius 2 is 2.41 bits per heavy atom. The molecule has 1 aromatic rings. The molecule has 17 heavy (non-hydrogen) atoms. The molecule has 0 aliphatic carbocycles. The first-order chi connectivity index (χ1) is 8.15. The Labute approximate surface area is 101 Å². The smallest absolute Gasteiger partial charge is 0.320 e. The van der Waals surface area contributed by atoms with Gasteiger partial charge in [-0.3, -0.25) is 4.79 Å². The Morgan fingerprint density at radius 3 is 2.94 bits per heavy atom. The molecule has 6 nitrogen and oxygen atoms in total. The van der Waals surface area contributed by atoms with Crippen LogP contribution in [-0.2, 0) is 18.3 Å². The van der Waals surface area contributed by atoms with E-state index < -0.39 is 12.0 Å². The number of nitrogens with one attached hydrogen (secondary N) is 1. The fourth-order valence-electron chi connectivity index (χ4n) is 1.61. The van der Waals surface area contributed by atoms with Crippen LogP contribution >= 0.6 is 0 Å². The Hall–Kier alpha value is -1.43. The van der Waals surface area contributed by atoms with Crippen molar-refractivity contribution < 1.29 is 9.90 Å². The standard InChI is InChI=1S/C11H20N4O2/c1-3-4-5-9(11(16)17)12-7-6-10-14-13-8-15(10)2/h8-9,12H,3-7H2,1-2H3,(H,16,17). The van der Waals surface area contributed by atoms with E-state index in [0.717, 1.165) is 18.7 Å². The normalized spacial score (nSPS) is 12.6. The van der Waals surface area contributed by atoms with E-state index in [4.69, 9.17) is 5.11 Å². The number of nitrogens with zero attached hydrogens (tertiary/aromatic N) is 3. The van der Waals surface area contributed by atoms with Gasteiger partial charge in [-0.1, -0.05) is 19.8 Å². The van der Waals surface area contributed by atoms with Gasteiger partial charge in [0.05, 0.1) is 0 Å². The van der Waals surface area contributed by atoms with Crippen molar-refractivity contribution in [3.63, 3.8) is 0 Å². The molecule has 0 fully saturated rings. The van der Waals surface area contributed by atoms with Crippen molar-refractivity contribution in [2.24, 2.45) is 7.05 Å². The molecule has 0 radical (unpaired) electrons. The molecule has 96 valence electrons. The molecule has 1 unspecified atom stereocenters. The van der Waals surface area contributed by atoms with Crippen molar-refractivity contribution in [2.75, 3.05) is 6.54 Å². The lowest BCUT2D eigenvalue weighted by molar-refractivity contribution is -0.139. The van der Waals surface area contributed by atoms with Crippen LogP contribution < -0.4 is 5.32 Å². The van der Waals surface area contributed by atoms with E-state index in [1.807, 2.05) is 11.6 Å². The summed E-state index contributed by atoms with van der Waals surface area (Å²) in [5, 5.41) is 19.8. The first-order valence-corrected chi connectivity index (χ1v) is 5.94. The van der Waals surface area contributed by atoms with Crippen molar-refractivity contribution in [3.05, 3.63) is 12.2 Å². The minimum absolute atomic E-state index is 0.455. The SMILES string of the molecule is CCCCC(NCCc1nncn1C)C(=O)O. The van der Waals surface area contributed by atoms with E-state index in [0.29, 0.717) is 19.4 Å². The molecule has 0 aromatic carbocycles. The minimum atomic E-state index is -0.781. The van der Waals surface area contributed by atoms with E-state index in [1.54, 1.807) is 6.33 Å². The predicted molar refractivity (Wildman–Crippen MR) is 63.7 cm³/mol. The topological polar surface area (TPSA) is 80.0 Å². The number of carboxylic acid groups (broad SMARTS) is 1. The summed E-state index contributed by atoms with van der Waals surface area (Å²) in [6, 6.07) is -0.455. The lowest BCUT2D eigenvalue weighted by Crippen LogP contribution is -2.38. The average molecular weight is 240 g/mol. The summed E-state index contributed by atoms with van der Waals surface area (Å²) in [6.07, 6.45) is 4.93. The van der Waals surface area contributed by atoms with E-state index in [1.165, 1.54) is 0 Å². The Balaban J connectivity index is 2.32. The molecule has 0 saturated heterocycles. The number of aryl methyl sites for hydroxylation is 1. The molecule has 0 aliphatic rings. The minimum Gasteiger partial charge on any atom is -0.480 e. The Kier molecular flexibility index (Phi) is 5.62. The van der Waals surface area contributed by atoms with E-state index in [9.17, 15) is 4.79 Å². The van der Waals surface area contributed by atoms with Gasteiger partial charge >= 0.3 is 5.97 Å². The van der Waals surface area contributed by atoms with Gasteiger partial charge in [-0.2, -0.15) is 0 Å². The van der Waals surface area contributed by atoms with E-state index in [-0.39, 0.29) is 0 Å². The van der Waals surface area contributed by atoms with Gasteiger partial charge in [-0.05, 0) is 6.42 Å². The summed E-state index contributed by atoms with van der Waals surface area (Å²) in [4.78, 5) is 11.0. The molecule has 2 N–H and O–H groups in total. The van der Waals surface area contributed by atoms with Gasteiger partial charge in [0.15, 0.2) is 0 Å². The highest BCUT2D eigenvalue weighted by molar-refractivity contribution is 5.73. The average Bonchev–Trinajstić information content (AvgIpc) is 2.69. The maximum absolute atomic E-state index is 11.0. The second-order valence-electron chi connectivity index (χ2n) is 4.10. The summed E-state index contributed by atoms with van der Waals surface area (Å²) in [7, 11) is 1.88. The third kappa shape index (κ3) is 4.52. The van der Waals surface area contributed by atoms with Crippen LogP contribution in [0.25, 0.3) is 0 Å². The molecule has 0 saturated carbocycles. The molecule has 1 atom stereocenters. The number of rotatable bonds is 8. The van der Waals surface area contributed by atoms with Gasteiger partial charge in [-0.25, -0.2) is 0 Å². The van der Waals surface area contributed by atoms with E-state index >= 15 is 0 Å². The van der Waals surface area contributed by atoms with Crippen LogP contribution in [0.3, 0.4) is 0 Å². The zero-order chi connectivity index (χ0) is 12.7. The summed E-state index contributed by atoms with van der Waals surface area (Å²) in [6.45, 7) is 2.66. The third-order valence-electron chi connectivity index (χ3n) is 2.69. The van der Waals surface area contributed by atoms with Crippen molar-refractivity contribution in [1.82, 2.24) is 20.1 Å². The molecule has 6 heteroatoms. The zero-order valence-electron chi connectivity index (χ0n) is 10.4. The largest absolute Gasteiger partial charge is 0.480 e. The number of aliphatic carboxylic acids is 1. The molecule has 0 bridgehead atoms. The van der Waals surface area contributed by atoms with Crippen LogP contribution in [-0.4, -0.2) is 38.4 Å². The number of carbonyl (C=O) groups is 1. The summed E-state index contributed by atoms with van der Waals surface area (Å²) in [5.41, 5.74) is 0. The lowest BCUT2D eigenvalue weighted by atomic mass is 10.1. The van der Waals surface area contributed by atoms with Crippen LogP contribution in [0.4, 0.5) is 0 Å². The number of hydrogen-bond acceptors (Lipinski definition) is 4. The monoisotopic (exact) mass is 240 g/mol. The zero-order valence-corrected chi connectivity index (χ0v) is 10.4. The molecule has 0 aliphatic heterocycles. The van der Waals surface area contributed by atoms with E-state index in [2.05, 4.69) is 22.4 Å². The molecular formula is C11H20N4O2. The summed E-state index contributed by atoms with van der Waals surface area (Å²) >= 11 is 0. The highest BCUT2D eigenvalue weighted by Crippen LogP contribution is 2.01. The third-order valence-corrected chi connectivity index (χ3v) is 2.69. The molecule has 1 heterocycles. The summed E-state index contributed by atoms with van der Waals surface area (Å²) < 4.78 is 1.84. The predicted octanol–water partition coefficient (Wildman–Crippen LogP) is 0.591. The quantitative estimate of drug-likeness (QED) is 0.695. The van der Waals surface area contributed by atoms with Gasteiger partial charge in [0.25, 0.3) is 0 Å². The first-order valence-electron chi connectivity index (χ1n) is 5.94. The molecule has 0 spiro atoms. The Morgan fingerprint density at radius 1 is 1.65 bits per heavy atom. The first kappa shape index (κ1) is 13.6. The van der Waals surface area contributed by atoms with Crippen LogP contribution in [0, 0.1) is 0 Å². The highest BCUT2D eigenvalue weighted by atomic mass is 16.4. The number of aromatic nitrogens is 3. The van der Waals surface area contributed by atoms with Crippen molar-refractivity contribution in [1.29, 1.82) is 0 Å². The fraction of sp³-hybridized carbons (Fsp3) is 0.727. The molecule has 1 rings (SSSR count). The molecular weight excluding hydrogens is 220 g/mol. The van der Waals surface area contributed by atoms with Gasteiger partial charge in [0.2, 0.25) is 0 Å². The van der Waals surface area contributed by atoms with Crippen LogP contribution in [0.2, 0.25) is 0 Å². The summed E-state index contributed by atoms with van der Waals surface area (Å²) in [5.74, 6) is 0.0774. The number of unbranched alkanes of at least 4 members (excludes halogenated alkanes) is 1. The molecule has 1 aromatic heterocycles. The van der Waals surface area contributed by atoms with Crippen molar-refractivity contribution in [2.45, 2.75) is 38.6 Å². The van der Waals surface area contributed by atoms with Gasteiger partial charge in [0.1, 0.15) is 18.2 Å². The number of carboxylic acids is 1. The second-order valence-corrected chi connectivity index (χ2v) is 4.10. The van der Waals surface area contributed by atoms with Crippen LogP contribution in [0.15, 0.2) is 6.33 Å². The molecule has 0 amide bonds. The highest BCUT2D eigenvalue weighted by Gasteiger charge is 2.15. The van der Waals surface area contributed by atoms with Gasteiger partial charge < -0.3 is 15.0 Å².